The Morgan fingerprint density at radius 3 is 2.73 bits per heavy atom. The number of benzene rings is 2. The van der Waals surface area contributed by atoms with E-state index in [4.69, 9.17) is 11.6 Å². The molecule has 4 aromatic rings. The molecule has 30 heavy (non-hydrogen) atoms. The molecule has 2 heterocycles. The van der Waals surface area contributed by atoms with Crippen molar-refractivity contribution in [3.05, 3.63) is 75.7 Å². The van der Waals surface area contributed by atoms with Gasteiger partial charge in [0.05, 0.1) is 6.20 Å². The highest BCUT2D eigenvalue weighted by atomic mass is 35.5. The predicted octanol–water partition coefficient (Wildman–Crippen LogP) is 3.97. The van der Waals surface area contributed by atoms with E-state index in [1.54, 1.807) is 6.20 Å². The summed E-state index contributed by atoms with van der Waals surface area (Å²) in [5, 5.41) is 9.53. The molecule has 0 aliphatic heterocycles. The summed E-state index contributed by atoms with van der Waals surface area (Å²) in [6, 6.07) is 15.5. The van der Waals surface area contributed by atoms with Gasteiger partial charge in [0.25, 0.3) is 5.56 Å². The Morgan fingerprint density at radius 2 is 1.97 bits per heavy atom. The van der Waals surface area contributed by atoms with E-state index in [1.165, 1.54) is 4.68 Å². The van der Waals surface area contributed by atoms with E-state index in [1.807, 2.05) is 66.9 Å². The van der Waals surface area contributed by atoms with Crippen LogP contribution in [0.4, 0.5) is 0 Å². The van der Waals surface area contributed by atoms with E-state index in [2.05, 4.69) is 10.4 Å². The zero-order valence-corrected chi connectivity index (χ0v) is 17.7. The van der Waals surface area contributed by atoms with Crippen molar-refractivity contribution in [3.8, 4) is 0 Å². The van der Waals surface area contributed by atoms with Crippen LogP contribution in [0.15, 0.2) is 59.5 Å². The summed E-state index contributed by atoms with van der Waals surface area (Å²) in [6.45, 7) is 4.30. The molecule has 0 aliphatic rings. The van der Waals surface area contributed by atoms with E-state index in [0.29, 0.717) is 17.1 Å². The number of carbonyl (C=O) groups is 1. The van der Waals surface area contributed by atoms with Gasteiger partial charge in [-0.1, -0.05) is 48.9 Å². The number of para-hydroxylation sites is 1. The second-order valence-corrected chi connectivity index (χ2v) is 7.92. The molecule has 154 valence electrons. The monoisotopic (exact) mass is 422 g/mol. The lowest BCUT2D eigenvalue weighted by atomic mass is 10.2. The largest absolute Gasteiger partial charge is 0.352 e. The number of hydrogen-bond acceptors (Lipinski definition) is 3. The number of nitrogens with one attached hydrogen (secondary N) is 1. The summed E-state index contributed by atoms with van der Waals surface area (Å²) in [4.78, 5) is 25.7. The lowest BCUT2D eigenvalue weighted by molar-refractivity contribution is -0.122. The van der Waals surface area contributed by atoms with Crippen LogP contribution in [0.25, 0.3) is 21.8 Å². The highest BCUT2D eigenvalue weighted by Gasteiger charge is 2.17. The topological polar surface area (TPSA) is 68.9 Å². The van der Waals surface area contributed by atoms with Crippen LogP contribution in [0.2, 0.25) is 5.02 Å². The fourth-order valence-corrected chi connectivity index (χ4v) is 3.86. The maximum Gasteiger partial charge on any atom is 0.291 e. The van der Waals surface area contributed by atoms with Gasteiger partial charge in [-0.3, -0.25) is 9.59 Å². The summed E-state index contributed by atoms with van der Waals surface area (Å²) < 4.78 is 3.21. The Kier molecular flexibility index (Phi) is 5.59. The van der Waals surface area contributed by atoms with E-state index in [9.17, 15) is 9.59 Å². The average molecular weight is 423 g/mol. The Labute approximate surface area is 179 Å². The zero-order chi connectivity index (χ0) is 21.3. The fraction of sp³-hybridized carbons (Fsp3) is 0.261. The van der Waals surface area contributed by atoms with Crippen molar-refractivity contribution in [1.29, 1.82) is 0 Å². The molecule has 1 N–H and O–H groups in total. The SMILES string of the molecule is CC[C@H](C)NC(=O)Cn1ncc2c3ccccc3n(Cc3cccc(Cl)c3)c2c1=O. The van der Waals surface area contributed by atoms with Gasteiger partial charge in [-0.2, -0.15) is 5.10 Å². The van der Waals surface area contributed by atoms with Crippen LogP contribution in [0.1, 0.15) is 25.8 Å². The lowest BCUT2D eigenvalue weighted by Crippen LogP contribution is -2.38. The van der Waals surface area contributed by atoms with Gasteiger partial charge in [0.2, 0.25) is 5.91 Å². The number of fused-ring (bicyclic) bond motifs is 3. The van der Waals surface area contributed by atoms with Crippen molar-refractivity contribution in [1.82, 2.24) is 19.7 Å². The minimum atomic E-state index is -0.287. The van der Waals surface area contributed by atoms with Gasteiger partial charge in [0.1, 0.15) is 12.1 Å². The van der Waals surface area contributed by atoms with Gasteiger partial charge in [-0.25, -0.2) is 4.68 Å². The van der Waals surface area contributed by atoms with Crippen molar-refractivity contribution in [2.24, 2.45) is 0 Å². The first-order chi connectivity index (χ1) is 14.5. The Bertz CT molecular complexity index is 1290. The third kappa shape index (κ3) is 3.83. The fourth-order valence-electron chi connectivity index (χ4n) is 3.65. The van der Waals surface area contributed by atoms with Crippen molar-refractivity contribution in [2.45, 2.75) is 39.4 Å². The second kappa shape index (κ2) is 8.32. The van der Waals surface area contributed by atoms with Gasteiger partial charge in [0, 0.05) is 33.9 Å². The molecule has 0 radical (unpaired) electrons. The minimum absolute atomic E-state index is 0.0474. The second-order valence-electron chi connectivity index (χ2n) is 7.48. The summed E-state index contributed by atoms with van der Waals surface area (Å²) in [5.41, 5.74) is 2.17. The lowest BCUT2D eigenvalue weighted by Gasteiger charge is -2.12. The molecular formula is C23H23ClN4O2. The summed E-state index contributed by atoms with van der Waals surface area (Å²) >= 11 is 6.16. The van der Waals surface area contributed by atoms with Gasteiger partial charge < -0.3 is 9.88 Å². The number of carbonyl (C=O) groups excluding carboxylic acids is 1. The highest BCUT2D eigenvalue weighted by Crippen LogP contribution is 2.27. The first-order valence-electron chi connectivity index (χ1n) is 9.98. The molecule has 0 unspecified atom stereocenters. The Balaban J connectivity index is 1.84. The van der Waals surface area contributed by atoms with Crippen LogP contribution in [-0.2, 0) is 17.9 Å². The molecule has 2 aromatic heterocycles. The number of aromatic nitrogens is 3. The normalized spacial score (nSPS) is 12.4. The Morgan fingerprint density at radius 1 is 1.17 bits per heavy atom. The van der Waals surface area contributed by atoms with Crippen LogP contribution in [0.5, 0.6) is 0 Å². The van der Waals surface area contributed by atoms with Crippen molar-refractivity contribution >= 4 is 39.3 Å². The summed E-state index contributed by atoms with van der Waals surface area (Å²) in [6.07, 6.45) is 2.49. The highest BCUT2D eigenvalue weighted by molar-refractivity contribution is 6.30. The molecule has 0 aliphatic carbocycles. The third-order valence-electron chi connectivity index (χ3n) is 5.32. The number of rotatable bonds is 6. The van der Waals surface area contributed by atoms with Gasteiger partial charge in [-0.15, -0.1) is 0 Å². The molecule has 0 saturated heterocycles. The summed E-state index contributed by atoms with van der Waals surface area (Å²) in [5.74, 6) is -0.226. The molecule has 1 atom stereocenters. The summed E-state index contributed by atoms with van der Waals surface area (Å²) in [7, 11) is 0. The van der Waals surface area contributed by atoms with E-state index in [-0.39, 0.29) is 24.1 Å². The van der Waals surface area contributed by atoms with Gasteiger partial charge >= 0.3 is 0 Å². The first kappa shape index (κ1) is 20.2. The van der Waals surface area contributed by atoms with Crippen LogP contribution in [-0.4, -0.2) is 26.3 Å². The molecule has 7 heteroatoms. The smallest absolute Gasteiger partial charge is 0.291 e. The van der Waals surface area contributed by atoms with Crippen LogP contribution < -0.4 is 10.9 Å². The predicted molar refractivity (Wildman–Crippen MR) is 120 cm³/mol. The van der Waals surface area contributed by atoms with Crippen molar-refractivity contribution < 1.29 is 4.79 Å². The molecule has 2 aromatic carbocycles. The molecule has 0 saturated carbocycles. The maximum atomic E-state index is 13.3. The number of nitrogens with zero attached hydrogens (tertiary/aromatic N) is 3. The van der Waals surface area contributed by atoms with Gasteiger partial charge in [0.15, 0.2) is 0 Å². The van der Waals surface area contributed by atoms with Crippen LogP contribution in [0, 0.1) is 0 Å². The standard InChI is InChI=1S/C23H23ClN4O2/c1-3-15(2)26-21(29)14-28-23(30)22-19(12-25-28)18-9-4-5-10-20(18)27(22)13-16-7-6-8-17(24)11-16/h4-12,15H,3,13-14H2,1-2H3,(H,26,29)/t15-/m0/s1. The Hall–Kier alpha value is -3.12. The molecule has 0 spiro atoms. The average Bonchev–Trinajstić information content (AvgIpc) is 3.04. The van der Waals surface area contributed by atoms with E-state index >= 15 is 0 Å². The quantitative estimate of drug-likeness (QED) is 0.511. The van der Waals surface area contributed by atoms with Gasteiger partial charge in [-0.05, 0) is 37.1 Å². The maximum absolute atomic E-state index is 13.3. The van der Waals surface area contributed by atoms with E-state index in [0.717, 1.165) is 28.3 Å². The number of halogens is 1. The minimum Gasteiger partial charge on any atom is -0.352 e. The van der Waals surface area contributed by atoms with Crippen molar-refractivity contribution in [3.63, 3.8) is 0 Å². The van der Waals surface area contributed by atoms with Crippen LogP contribution >= 0.6 is 11.6 Å². The van der Waals surface area contributed by atoms with Crippen LogP contribution in [0.3, 0.4) is 0 Å². The third-order valence-corrected chi connectivity index (χ3v) is 5.55. The molecule has 0 bridgehead atoms. The molecule has 0 fully saturated rings. The molecule has 1 amide bonds. The van der Waals surface area contributed by atoms with E-state index < -0.39 is 0 Å². The molecule has 4 rings (SSSR count). The number of hydrogen-bond donors (Lipinski definition) is 1. The first-order valence-corrected chi connectivity index (χ1v) is 10.4. The number of amides is 1. The molecular weight excluding hydrogens is 400 g/mol. The zero-order valence-electron chi connectivity index (χ0n) is 16.9. The molecule has 6 nitrogen and oxygen atoms in total. The van der Waals surface area contributed by atoms with Crippen molar-refractivity contribution in [2.75, 3.05) is 0 Å².